The minimum absolute atomic E-state index is 0.129. The van der Waals surface area contributed by atoms with Crippen molar-refractivity contribution in [3.63, 3.8) is 0 Å². The van der Waals surface area contributed by atoms with Crippen LogP contribution in [0.2, 0.25) is 0 Å². The lowest BCUT2D eigenvalue weighted by Crippen LogP contribution is -2.13. The number of methoxy groups -OCH3 is 1. The van der Waals surface area contributed by atoms with Crippen molar-refractivity contribution in [3.8, 4) is 5.75 Å². The molecule has 0 spiro atoms. The monoisotopic (exact) mass is 351 g/mol. The molecule has 0 unspecified atom stereocenters. The predicted molar refractivity (Wildman–Crippen MR) is 99.6 cm³/mol. The Morgan fingerprint density at radius 2 is 1.88 bits per heavy atom. The number of halogens is 1. The number of para-hydroxylation sites is 1. The van der Waals surface area contributed by atoms with E-state index in [4.69, 9.17) is 4.74 Å². The van der Waals surface area contributed by atoms with Crippen LogP contribution in [0.15, 0.2) is 60.8 Å². The average molecular weight is 351 g/mol. The van der Waals surface area contributed by atoms with E-state index in [0.717, 1.165) is 11.3 Å². The van der Waals surface area contributed by atoms with Gasteiger partial charge in [-0.05, 0) is 48.9 Å². The standard InChI is InChI=1S/C20H18FN3O2/c1-13-7-9-18(26-2)17(11-13)23-19-10-8-14(12-22-19)20(25)24-16-6-4-3-5-15(16)21/h3-12H,1-2H3,(H,22,23)(H,24,25). The normalized spacial score (nSPS) is 10.3. The molecule has 6 heteroatoms. The second-order valence-corrected chi connectivity index (χ2v) is 5.69. The molecule has 0 aliphatic heterocycles. The van der Waals surface area contributed by atoms with E-state index >= 15 is 0 Å². The van der Waals surface area contributed by atoms with Crippen LogP contribution in [0.4, 0.5) is 21.6 Å². The van der Waals surface area contributed by atoms with E-state index < -0.39 is 11.7 Å². The number of aryl methyl sites for hydroxylation is 1. The molecule has 0 atom stereocenters. The molecule has 26 heavy (non-hydrogen) atoms. The molecule has 0 aliphatic carbocycles. The zero-order valence-corrected chi connectivity index (χ0v) is 14.4. The molecule has 2 N–H and O–H groups in total. The summed E-state index contributed by atoms with van der Waals surface area (Å²) in [4.78, 5) is 16.5. The SMILES string of the molecule is COc1ccc(C)cc1Nc1ccc(C(=O)Nc2ccccc2F)cn1. The Hall–Kier alpha value is -3.41. The van der Waals surface area contributed by atoms with E-state index in [0.29, 0.717) is 17.1 Å². The van der Waals surface area contributed by atoms with Gasteiger partial charge in [0.1, 0.15) is 17.4 Å². The lowest BCUT2D eigenvalue weighted by molar-refractivity contribution is 0.102. The first-order valence-corrected chi connectivity index (χ1v) is 8.00. The lowest BCUT2D eigenvalue weighted by atomic mass is 10.2. The Balaban J connectivity index is 1.73. The van der Waals surface area contributed by atoms with Crippen molar-refractivity contribution in [3.05, 3.63) is 77.7 Å². The fourth-order valence-corrected chi connectivity index (χ4v) is 2.42. The molecule has 0 bridgehead atoms. The van der Waals surface area contributed by atoms with Gasteiger partial charge < -0.3 is 15.4 Å². The number of carbonyl (C=O) groups is 1. The first-order chi connectivity index (χ1) is 12.6. The summed E-state index contributed by atoms with van der Waals surface area (Å²) in [5.74, 6) is 0.344. The van der Waals surface area contributed by atoms with Crippen molar-refractivity contribution in [2.75, 3.05) is 17.7 Å². The number of pyridine rings is 1. The number of amides is 1. The minimum Gasteiger partial charge on any atom is -0.495 e. The van der Waals surface area contributed by atoms with Crippen molar-refractivity contribution < 1.29 is 13.9 Å². The number of benzene rings is 2. The van der Waals surface area contributed by atoms with Crippen LogP contribution in [0.25, 0.3) is 0 Å². The zero-order valence-electron chi connectivity index (χ0n) is 14.4. The van der Waals surface area contributed by atoms with Crippen LogP contribution in [-0.2, 0) is 0 Å². The molecule has 1 aromatic heterocycles. The Labute approximate surface area is 150 Å². The number of anilines is 3. The molecule has 5 nitrogen and oxygen atoms in total. The van der Waals surface area contributed by atoms with Gasteiger partial charge in [0.15, 0.2) is 0 Å². The van der Waals surface area contributed by atoms with E-state index in [9.17, 15) is 9.18 Å². The molecule has 0 fully saturated rings. The summed E-state index contributed by atoms with van der Waals surface area (Å²) in [5.41, 5.74) is 2.32. The summed E-state index contributed by atoms with van der Waals surface area (Å²) in [6, 6.07) is 15.1. The third kappa shape index (κ3) is 3.97. The molecule has 1 heterocycles. The van der Waals surface area contributed by atoms with Gasteiger partial charge in [0.2, 0.25) is 0 Å². The number of nitrogens with zero attached hydrogens (tertiary/aromatic N) is 1. The van der Waals surface area contributed by atoms with Crippen molar-refractivity contribution in [2.45, 2.75) is 6.92 Å². The largest absolute Gasteiger partial charge is 0.495 e. The van der Waals surface area contributed by atoms with E-state index in [2.05, 4.69) is 15.6 Å². The van der Waals surface area contributed by atoms with Crippen LogP contribution in [0.1, 0.15) is 15.9 Å². The maximum absolute atomic E-state index is 13.6. The molecular formula is C20H18FN3O2. The van der Waals surface area contributed by atoms with Gasteiger partial charge in [-0.15, -0.1) is 0 Å². The van der Waals surface area contributed by atoms with E-state index in [1.54, 1.807) is 31.4 Å². The van der Waals surface area contributed by atoms with Gasteiger partial charge in [-0.1, -0.05) is 18.2 Å². The third-order valence-electron chi connectivity index (χ3n) is 3.77. The number of hydrogen-bond donors (Lipinski definition) is 2. The summed E-state index contributed by atoms with van der Waals surface area (Å²) in [5, 5.41) is 5.69. The average Bonchev–Trinajstić information content (AvgIpc) is 2.64. The van der Waals surface area contributed by atoms with Crippen molar-refractivity contribution in [2.24, 2.45) is 0 Å². The van der Waals surface area contributed by atoms with Crippen LogP contribution in [-0.4, -0.2) is 18.0 Å². The number of hydrogen-bond acceptors (Lipinski definition) is 4. The number of rotatable bonds is 5. The fourth-order valence-electron chi connectivity index (χ4n) is 2.42. The van der Waals surface area contributed by atoms with Gasteiger partial charge in [-0.2, -0.15) is 0 Å². The van der Waals surface area contributed by atoms with Crippen molar-refractivity contribution in [1.29, 1.82) is 0 Å². The first-order valence-electron chi connectivity index (χ1n) is 8.00. The molecule has 0 saturated carbocycles. The maximum Gasteiger partial charge on any atom is 0.257 e. The highest BCUT2D eigenvalue weighted by Crippen LogP contribution is 2.27. The van der Waals surface area contributed by atoms with Crippen LogP contribution in [0.5, 0.6) is 5.75 Å². The van der Waals surface area contributed by atoms with E-state index in [1.165, 1.54) is 18.3 Å². The summed E-state index contributed by atoms with van der Waals surface area (Å²) in [6.45, 7) is 1.98. The number of carbonyl (C=O) groups excluding carboxylic acids is 1. The Morgan fingerprint density at radius 1 is 1.08 bits per heavy atom. The molecule has 0 radical (unpaired) electrons. The topological polar surface area (TPSA) is 63.2 Å². The van der Waals surface area contributed by atoms with Crippen molar-refractivity contribution in [1.82, 2.24) is 4.98 Å². The van der Waals surface area contributed by atoms with Gasteiger partial charge in [0.25, 0.3) is 5.91 Å². The van der Waals surface area contributed by atoms with Crippen LogP contribution < -0.4 is 15.4 Å². The molecule has 132 valence electrons. The summed E-state index contributed by atoms with van der Waals surface area (Å²) in [6.07, 6.45) is 1.43. The Morgan fingerprint density at radius 3 is 2.58 bits per heavy atom. The molecule has 0 saturated heterocycles. The molecule has 2 aromatic carbocycles. The molecule has 0 aliphatic rings. The fraction of sp³-hybridized carbons (Fsp3) is 0.100. The van der Waals surface area contributed by atoms with Gasteiger partial charge in [0.05, 0.1) is 24.0 Å². The smallest absolute Gasteiger partial charge is 0.257 e. The zero-order chi connectivity index (χ0) is 18.5. The van der Waals surface area contributed by atoms with E-state index in [1.807, 2.05) is 25.1 Å². The highest BCUT2D eigenvalue weighted by Gasteiger charge is 2.10. The highest BCUT2D eigenvalue weighted by atomic mass is 19.1. The summed E-state index contributed by atoms with van der Waals surface area (Å²) < 4.78 is 18.9. The second kappa shape index (κ2) is 7.65. The number of aromatic nitrogens is 1. The van der Waals surface area contributed by atoms with Gasteiger partial charge in [-0.3, -0.25) is 4.79 Å². The minimum atomic E-state index is -0.487. The third-order valence-corrected chi connectivity index (χ3v) is 3.77. The van der Waals surface area contributed by atoms with Gasteiger partial charge in [-0.25, -0.2) is 9.37 Å². The Bertz CT molecular complexity index is 927. The predicted octanol–water partition coefficient (Wildman–Crippen LogP) is 4.53. The van der Waals surface area contributed by atoms with E-state index in [-0.39, 0.29) is 5.69 Å². The molecular weight excluding hydrogens is 333 g/mol. The quantitative estimate of drug-likeness (QED) is 0.709. The highest BCUT2D eigenvalue weighted by molar-refractivity contribution is 6.04. The van der Waals surface area contributed by atoms with Crippen LogP contribution in [0, 0.1) is 12.7 Å². The van der Waals surface area contributed by atoms with Crippen molar-refractivity contribution >= 4 is 23.1 Å². The second-order valence-electron chi connectivity index (χ2n) is 5.69. The summed E-state index contributed by atoms with van der Waals surface area (Å²) in [7, 11) is 1.60. The molecule has 3 rings (SSSR count). The lowest BCUT2D eigenvalue weighted by Gasteiger charge is -2.12. The van der Waals surface area contributed by atoms with Crippen LogP contribution >= 0.6 is 0 Å². The molecule has 3 aromatic rings. The first kappa shape index (κ1) is 17.4. The van der Waals surface area contributed by atoms with Gasteiger partial charge in [0, 0.05) is 6.20 Å². The van der Waals surface area contributed by atoms with Crippen LogP contribution in [0.3, 0.4) is 0 Å². The van der Waals surface area contributed by atoms with Gasteiger partial charge >= 0.3 is 0 Å². The maximum atomic E-state index is 13.6. The Kier molecular flexibility index (Phi) is 5.12. The molecule has 1 amide bonds. The summed E-state index contributed by atoms with van der Waals surface area (Å²) >= 11 is 0. The number of nitrogens with one attached hydrogen (secondary N) is 2. The number of ether oxygens (including phenoxy) is 1.